The minimum absolute atomic E-state index is 0.201. The summed E-state index contributed by atoms with van der Waals surface area (Å²) >= 11 is 0. The molecule has 1 rings (SSSR count). The predicted octanol–water partition coefficient (Wildman–Crippen LogP) is 0.247. The molecule has 0 aliphatic rings. The summed E-state index contributed by atoms with van der Waals surface area (Å²) in [5.41, 5.74) is 2.78. The summed E-state index contributed by atoms with van der Waals surface area (Å²) in [6, 6.07) is 3.40. The van der Waals surface area contributed by atoms with Gasteiger partial charge in [0.2, 0.25) is 5.91 Å². The van der Waals surface area contributed by atoms with Crippen LogP contribution in [0.25, 0.3) is 0 Å². The maximum Gasteiger partial charge on any atom is 0.272 e. The third-order valence-electron chi connectivity index (χ3n) is 1.42. The van der Waals surface area contributed by atoms with Gasteiger partial charge in [-0.25, -0.2) is 4.68 Å². The normalized spacial score (nSPS) is 9.50. The third-order valence-corrected chi connectivity index (χ3v) is 1.42. The summed E-state index contributed by atoms with van der Waals surface area (Å²) in [7, 11) is 0. The molecule has 1 N–H and O–H groups in total. The molecular weight excluding hydrogens is 156 g/mol. The molecule has 0 atom stereocenters. The number of aryl methyl sites for hydroxylation is 1. The van der Waals surface area contributed by atoms with Gasteiger partial charge in [-0.1, -0.05) is 6.07 Å². The summed E-state index contributed by atoms with van der Waals surface area (Å²) in [5, 5.41) is 0. The summed E-state index contributed by atoms with van der Waals surface area (Å²) in [4.78, 5) is 21.9. The van der Waals surface area contributed by atoms with Crippen LogP contribution in [0.5, 0.6) is 0 Å². The Labute approximate surface area is 69.8 Å². The Balaban J connectivity index is 3.09. The van der Waals surface area contributed by atoms with Gasteiger partial charge >= 0.3 is 0 Å². The summed E-state index contributed by atoms with van der Waals surface area (Å²) in [5.74, 6) is -0.261. The third kappa shape index (κ3) is 1.72. The number of pyridine rings is 1. The highest BCUT2D eigenvalue weighted by atomic mass is 16.2. The lowest BCUT2D eigenvalue weighted by Gasteiger charge is -2.04. The van der Waals surface area contributed by atoms with E-state index in [1.165, 1.54) is 13.1 Å². The van der Waals surface area contributed by atoms with Gasteiger partial charge in [0.25, 0.3) is 5.56 Å². The van der Waals surface area contributed by atoms with Crippen molar-refractivity contribution in [2.75, 3.05) is 5.43 Å². The van der Waals surface area contributed by atoms with E-state index in [-0.39, 0.29) is 11.5 Å². The van der Waals surface area contributed by atoms with Crippen molar-refractivity contribution in [3.8, 4) is 0 Å². The summed E-state index contributed by atoms with van der Waals surface area (Å²) in [6.07, 6.45) is 1.51. The zero-order chi connectivity index (χ0) is 9.14. The second-order valence-electron chi connectivity index (χ2n) is 2.53. The van der Waals surface area contributed by atoms with Crippen LogP contribution in [0, 0.1) is 6.92 Å². The molecule has 1 aromatic rings. The molecule has 1 amide bonds. The Morgan fingerprint density at radius 3 is 2.83 bits per heavy atom. The first kappa shape index (κ1) is 8.52. The average Bonchev–Trinajstić information content (AvgIpc) is 1.98. The molecule has 64 valence electrons. The Kier molecular flexibility index (Phi) is 2.28. The van der Waals surface area contributed by atoms with Gasteiger partial charge in [-0.3, -0.25) is 15.0 Å². The van der Waals surface area contributed by atoms with Gasteiger partial charge in [0.15, 0.2) is 0 Å². The standard InChI is InChI=1S/C8H10N2O2/c1-6-4-3-5-10(8(6)12)9-7(2)11/h3-5H,1-2H3,(H,9,11). The lowest BCUT2D eigenvalue weighted by molar-refractivity contribution is -0.115. The predicted molar refractivity (Wildman–Crippen MR) is 45.5 cm³/mol. The quantitative estimate of drug-likeness (QED) is 0.650. The maximum absolute atomic E-state index is 11.3. The molecule has 4 nitrogen and oxygen atoms in total. The van der Waals surface area contributed by atoms with Crippen molar-refractivity contribution >= 4 is 5.91 Å². The highest BCUT2D eigenvalue weighted by Gasteiger charge is 1.97. The van der Waals surface area contributed by atoms with Crippen LogP contribution in [0.15, 0.2) is 23.1 Å². The SMILES string of the molecule is CC(=O)Nn1cccc(C)c1=O. The Morgan fingerprint density at radius 1 is 1.58 bits per heavy atom. The number of rotatable bonds is 1. The molecule has 0 fully saturated rings. The van der Waals surface area contributed by atoms with Crippen LogP contribution in [0.1, 0.15) is 12.5 Å². The van der Waals surface area contributed by atoms with E-state index in [2.05, 4.69) is 5.43 Å². The Morgan fingerprint density at radius 2 is 2.25 bits per heavy atom. The molecule has 0 aromatic carbocycles. The van der Waals surface area contributed by atoms with E-state index in [0.717, 1.165) is 4.68 Å². The van der Waals surface area contributed by atoms with Crippen molar-refractivity contribution in [1.29, 1.82) is 0 Å². The van der Waals surface area contributed by atoms with E-state index in [1.807, 2.05) is 0 Å². The zero-order valence-electron chi connectivity index (χ0n) is 7.00. The fourth-order valence-electron chi connectivity index (χ4n) is 0.860. The number of hydrogen-bond donors (Lipinski definition) is 1. The second-order valence-corrected chi connectivity index (χ2v) is 2.53. The van der Waals surface area contributed by atoms with E-state index in [0.29, 0.717) is 5.56 Å². The van der Waals surface area contributed by atoms with Crippen molar-refractivity contribution < 1.29 is 4.79 Å². The Hall–Kier alpha value is -1.58. The summed E-state index contributed by atoms with van der Waals surface area (Å²) in [6.45, 7) is 3.05. The molecule has 1 aromatic heterocycles. The highest BCUT2D eigenvalue weighted by Crippen LogP contribution is 1.85. The van der Waals surface area contributed by atoms with Crippen LogP contribution in [0.2, 0.25) is 0 Å². The minimum atomic E-state index is -0.261. The number of carbonyl (C=O) groups is 1. The van der Waals surface area contributed by atoms with E-state index in [1.54, 1.807) is 19.1 Å². The molecule has 12 heavy (non-hydrogen) atoms. The van der Waals surface area contributed by atoms with Crippen LogP contribution >= 0.6 is 0 Å². The molecule has 4 heteroatoms. The number of aromatic nitrogens is 1. The molecule has 1 heterocycles. The van der Waals surface area contributed by atoms with Crippen LogP contribution in [0.3, 0.4) is 0 Å². The van der Waals surface area contributed by atoms with Gasteiger partial charge in [0, 0.05) is 18.7 Å². The van der Waals surface area contributed by atoms with Gasteiger partial charge < -0.3 is 0 Å². The van der Waals surface area contributed by atoms with Crippen LogP contribution < -0.4 is 11.0 Å². The smallest absolute Gasteiger partial charge is 0.272 e. The molecule has 0 unspecified atom stereocenters. The van der Waals surface area contributed by atoms with E-state index in [9.17, 15) is 9.59 Å². The van der Waals surface area contributed by atoms with Crippen molar-refractivity contribution in [3.63, 3.8) is 0 Å². The number of amides is 1. The first-order valence-electron chi connectivity index (χ1n) is 3.57. The van der Waals surface area contributed by atoms with Crippen molar-refractivity contribution in [2.24, 2.45) is 0 Å². The first-order chi connectivity index (χ1) is 5.61. The van der Waals surface area contributed by atoms with Crippen molar-refractivity contribution in [1.82, 2.24) is 4.68 Å². The molecule has 0 aliphatic carbocycles. The minimum Gasteiger partial charge on any atom is -0.274 e. The molecule has 0 aliphatic heterocycles. The fraction of sp³-hybridized carbons (Fsp3) is 0.250. The zero-order valence-corrected chi connectivity index (χ0v) is 7.00. The van der Waals surface area contributed by atoms with E-state index >= 15 is 0 Å². The van der Waals surface area contributed by atoms with Gasteiger partial charge in [0.05, 0.1) is 0 Å². The van der Waals surface area contributed by atoms with Crippen LogP contribution in [-0.4, -0.2) is 10.6 Å². The molecule has 0 spiro atoms. The number of hydrogen-bond acceptors (Lipinski definition) is 2. The maximum atomic E-state index is 11.3. The molecular formula is C8H10N2O2. The molecule has 0 saturated carbocycles. The van der Waals surface area contributed by atoms with E-state index in [4.69, 9.17) is 0 Å². The molecule has 0 saturated heterocycles. The van der Waals surface area contributed by atoms with E-state index < -0.39 is 0 Å². The Bertz CT molecular complexity index is 354. The number of nitrogens with one attached hydrogen (secondary N) is 1. The van der Waals surface area contributed by atoms with Gasteiger partial charge in [0.1, 0.15) is 0 Å². The van der Waals surface area contributed by atoms with Gasteiger partial charge in [-0.2, -0.15) is 0 Å². The number of nitrogens with zero attached hydrogens (tertiary/aromatic N) is 1. The summed E-state index contributed by atoms with van der Waals surface area (Å²) < 4.78 is 1.16. The van der Waals surface area contributed by atoms with Gasteiger partial charge in [-0.05, 0) is 13.0 Å². The van der Waals surface area contributed by atoms with Gasteiger partial charge in [-0.15, -0.1) is 0 Å². The van der Waals surface area contributed by atoms with Crippen molar-refractivity contribution in [2.45, 2.75) is 13.8 Å². The fourth-order valence-corrected chi connectivity index (χ4v) is 0.860. The lowest BCUT2D eigenvalue weighted by atomic mass is 10.3. The monoisotopic (exact) mass is 166 g/mol. The van der Waals surface area contributed by atoms with Crippen LogP contribution in [0.4, 0.5) is 0 Å². The highest BCUT2D eigenvalue weighted by molar-refractivity contribution is 5.80. The largest absolute Gasteiger partial charge is 0.274 e. The van der Waals surface area contributed by atoms with Crippen LogP contribution in [-0.2, 0) is 4.79 Å². The topological polar surface area (TPSA) is 51.1 Å². The average molecular weight is 166 g/mol. The lowest BCUT2D eigenvalue weighted by Crippen LogP contribution is -2.32. The molecule has 0 radical (unpaired) electrons. The van der Waals surface area contributed by atoms with Crippen molar-refractivity contribution in [3.05, 3.63) is 34.2 Å². The first-order valence-corrected chi connectivity index (χ1v) is 3.57. The molecule has 0 bridgehead atoms. The second kappa shape index (κ2) is 3.21. The number of carbonyl (C=O) groups excluding carboxylic acids is 1.